The van der Waals surface area contributed by atoms with Gasteiger partial charge in [-0.15, -0.1) is 0 Å². The number of sulfonamides is 1. The molecule has 2 rings (SSSR count). The van der Waals surface area contributed by atoms with Gasteiger partial charge >= 0.3 is 0 Å². The number of nitrogens with one attached hydrogen (secondary N) is 1. The first kappa shape index (κ1) is 15.2. The highest BCUT2D eigenvalue weighted by Crippen LogP contribution is 2.19. The van der Waals surface area contributed by atoms with E-state index in [9.17, 15) is 8.42 Å². The summed E-state index contributed by atoms with van der Waals surface area (Å²) < 4.78 is 26.9. The molecule has 0 bridgehead atoms. The molecule has 0 aliphatic carbocycles. The maximum atomic E-state index is 12.3. The highest BCUT2D eigenvalue weighted by molar-refractivity contribution is 7.92. The van der Waals surface area contributed by atoms with Gasteiger partial charge in [-0.2, -0.15) is 5.26 Å². The molecule has 1 aromatic heterocycles. The molecule has 0 amide bonds. The molecule has 1 N–H and O–H groups in total. The molecule has 1 heterocycles. The van der Waals surface area contributed by atoms with E-state index in [2.05, 4.69) is 14.7 Å². The Labute approximate surface area is 127 Å². The lowest BCUT2D eigenvalue weighted by Crippen LogP contribution is -2.16. The van der Waals surface area contributed by atoms with Gasteiger partial charge in [-0.05, 0) is 43.7 Å². The van der Waals surface area contributed by atoms with Crippen molar-refractivity contribution in [1.29, 1.82) is 5.26 Å². The lowest BCUT2D eigenvalue weighted by atomic mass is 10.2. The van der Waals surface area contributed by atoms with Gasteiger partial charge < -0.3 is 0 Å². The van der Waals surface area contributed by atoms with E-state index in [4.69, 9.17) is 16.9 Å². The summed E-state index contributed by atoms with van der Waals surface area (Å²) in [5, 5.41) is 8.95. The van der Waals surface area contributed by atoms with E-state index in [-0.39, 0.29) is 16.0 Å². The van der Waals surface area contributed by atoms with E-state index in [1.54, 1.807) is 13.8 Å². The number of rotatable bonds is 3. The van der Waals surface area contributed by atoms with Crippen molar-refractivity contribution in [2.24, 2.45) is 0 Å². The molecule has 1 aromatic carbocycles. The minimum absolute atomic E-state index is 0.0581. The molecule has 0 fully saturated rings. The summed E-state index contributed by atoms with van der Waals surface area (Å²) in [6.45, 7) is 3.29. The summed E-state index contributed by atoms with van der Waals surface area (Å²) in [5.74, 6) is -0.0937. The van der Waals surface area contributed by atoms with Gasteiger partial charge in [0.2, 0.25) is 5.95 Å². The predicted octanol–water partition coefficient (Wildman–Crippen LogP) is 2.42. The second-order valence-corrected chi connectivity index (χ2v) is 6.39. The quantitative estimate of drug-likeness (QED) is 0.875. The van der Waals surface area contributed by atoms with Crippen LogP contribution in [0.3, 0.4) is 0 Å². The Morgan fingerprint density at radius 3 is 2.52 bits per heavy atom. The van der Waals surface area contributed by atoms with Gasteiger partial charge in [0.1, 0.15) is 5.15 Å². The molecule has 0 aliphatic rings. The van der Waals surface area contributed by atoms with Crippen LogP contribution in [0.15, 0.2) is 29.2 Å². The van der Waals surface area contributed by atoms with Crippen LogP contribution in [0.5, 0.6) is 0 Å². The number of aromatic nitrogens is 2. The largest absolute Gasteiger partial charge is 0.264 e. The summed E-state index contributed by atoms with van der Waals surface area (Å²) >= 11 is 5.77. The lowest BCUT2D eigenvalue weighted by Gasteiger charge is -2.09. The zero-order chi connectivity index (χ0) is 15.6. The molecule has 0 radical (unpaired) electrons. The lowest BCUT2D eigenvalue weighted by molar-refractivity contribution is 0.600. The van der Waals surface area contributed by atoms with Crippen molar-refractivity contribution >= 4 is 27.6 Å². The molecule has 0 spiro atoms. The average Bonchev–Trinajstić information content (AvgIpc) is 2.36. The Morgan fingerprint density at radius 2 is 1.95 bits per heavy atom. The molecule has 21 heavy (non-hydrogen) atoms. The van der Waals surface area contributed by atoms with Gasteiger partial charge in [0, 0.05) is 5.69 Å². The number of nitriles is 1. The van der Waals surface area contributed by atoms with Crippen LogP contribution in [0.2, 0.25) is 5.15 Å². The third kappa shape index (κ3) is 3.48. The molecule has 6 nitrogen and oxygen atoms in total. The highest BCUT2D eigenvalue weighted by atomic mass is 35.5. The van der Waals surface area contributed by atoms with Gasteiger partial charge in [-0.3, -0.25) is 0 Å². The molecule has 0 unspecified atom stereocenters. The number of hydrogen-bond donors (Lipinski definition) is 1. The minimum atomic E-state index is -3.85. The topological polar surface area (TPSA) is 95.7 Å². The third-order valence-corrected chi connectivity index (χ3v) is 4.32. The number of aryl methyl sites for hydroxylation is 2. The number of anilines is 1. The molecule has 8 heteroatoms. The summed E-state index contributed by atoms with van der Waals surface area (Å²) in [6.07, 6.45) is 0. The van der Waals surface area contributed by atoms with Crippen LogP contribution in [-0.2, 0) is 10.0 Å². The fourth-order valence-corrected chi connectivity index (χ4v) is 3.18. The normalized spacial score (nSPS) is 11.0. The van der Waals surface area contributed by atoms with Crippen molar-refractivity contribution < 1.29 is 8.42 Å². The van der Waals surface area contributed by atoms with Crippen molar-refractivity contribution in [2.75, 3.05) is 4.72 Å². The second-order valence-electron chi connectivity index (χ2n) is 4.35. The number of halogens is 1. The Bertz CT molecular complexity index is 823. The second kappa shape index (κ2) is 5.68. The van der Waals surface area contributed by atoms with Crippen LogP contribution in [0.25, 0.3) is 0 Å². The number of hydrogen-bond acceptors (Lipinski definition) is 5. The van der Waals surface area contributed by atoms with E-state index >= 15 is 0 Å². The van der Waals surface area contributed by atoms with Crippen molar-refractivity contribution in [3.05, 3.63) is 46.2 Å². The standard InChI is InChI=1S/C13H11ClN4O2S/c1-8-5-10(7-15)3-4-11(8)21(19,20)18-13-16-9(2)6-12(14)17-13/h3-6H,1-2H3,(H,16,17,18). The molecule has 2 aromatic rings. The van der Waals surface area contributed by atoms with Crippen LogP contribution in [-0.4, -0.2) is 18.4 Å². The van der Waals surface area contributed by atoms with E-state index < -0.39 is 10.0 Å². The number of nitrogens with zero attached hydrogens (tertiary/aromatic N) is 3. The van der Waals surface area contributed by atoms with Crippen LogP contribution in [0.4, 0.5) is 5.95 Å². The molecular weight excluding hydrogens is 312 g/mol. The summed E-state index contributed by atoms with van der Waals surface area (Å²) in [7, 11) is -3.85. The fourth-order valence-electron chi connectivity index (χ4n) is 1.77. The van der Waals surface area contributed by atoms with Crippen LogP contribution in [0.1, 0.15) is 16.8 Å². The first-order chi connectivity index (χ1) is 9.81. The van der Waals surface area contributed by atoms with Crippen LogP contribution in [0, 0.1) is 25.2 Å². The van der Waals surface area contributed by atoms with Crippen LogP contribution < -0.4 is 4.72 Å². The van der Waals surface area contributed by atoms with Crippen LogP contribution >= 0.6 is 11.6 Å². The van der Waals surface area contributed by atoms with E-state index in [0.717, 1.165) is 0 Å². The smallest absolute Gasteiger partial charge is 0.247 e. The minimum Gasteiger partial charge on any atom is -0.247 e. The van der Waals surface area contributed by atoms with Gasteiger partial charge in [0.25, 0.3) is 10.0 Å². The van der Waals surface area contributed by atoms with Gasteiger partial charge in [-0.1, -0.05) is 11.6 Å². The zero-order valence-corrected chi connectivity index (χ0v) is 12.8. The third-order valence-electron chi connectivity index (χ3n) is 2.64. The zero-order valence-electron chi connectivity index (χ0n) is 11.3. The summed E-state index contributed by atoms with van der Waals surface area (Å²) in [5.41, 5.74) is 1.39. The van der Waals surface area contributed by atoms with E-state index in [0.29, 0.717) is 16.8 Å². The average molecular weight is 323 g/mol. The molecular formula is C13H11ClN4O2S. The first-order valence-corrected chi connectivity index (χ1v) is 7.73. The van der Waals surface area contributed by atoms with Crippen molar-refractivity contribution in [3.8, 4) is 6.07 Å². The molecule has 0 atom stereocenters. The Hall–Kier alpha value is -2.17. The molecule has 0 saturated heterocycles. The molecule has 0 saturated carbocycles. The maximum Gasteiger partial charge on any atom is 0.264 e. The van der Waals surface area contributed by atoms with Crippen molar-refractivity contribution in [1.82, 2.24) is 9.97 Å². The fraction of sp³-hybridized carbons (Fsp3) is 0.154. The summed E-state index contributed by atoms with van der Waals surface area (Å²) in [4.78, 5) is 7.85. The predicted molar refractivity (Wildman–Crippen MR) is 78.5 cm³/mol. The van der Waals surface area contributed by atoms with Gasteiger partial charge in [-0.25, -0.2) is 23.1 Å². The number of benzene rings is 1. The Morgan fingerprint density at radius 1 is 1.24 bits per heavy atom. The van der Waals surface area contributed by atoms with E-state index in [1.807, 2.05) is 6.07 Å². The maximum absolute atomic E-state index is 12.3. The van der Waals surface area contributed by atoms with E-state index in [1.165, 1.54) is 24.3 Å². The monoisotopic (exact) mass is 322 g/mol. The molecule has 0 aliphatic heterocycles. The van der Waals surface area contributed by atoms with Gasteiger partial charge in [0.15, 0.2) is 0 Å². The Balaban J connectivity index is 2.41. The van der Waals surface area contributed by atoms with Gasteiger partial charge in [0.05, 0.1) is 16.5 Å². The highest BCUT2D eigenvalue weighted by Gasteiger charge is 2.19. The SMILES string of the molecule is Cc1cc(Cl)nc(NS(=O)(=O)c2ccc(C#N)cc2C)n1. The van der Waals surface area contributed by atoms with Crippen molar-refractivity contribution in [2.45, 2.75) is 18.7 Å². The molecule has 108 valence electrons. The summed E-state index contributed by atoms with van der Waals surface area (Å²) in [6, 6.07) is 7.78. The first-order valence-electron chi connectivity index (χ1n) is 5.86. The Kier molecular flexibility index (Phi) is 4.11. The van der Waals surface area contributed by atoms with Crippen molar-refractivity contribution in [3.63, 3.8) is 0 Å².